The summed E-state index contributed by atoms with van der Waals surface area (Å²) in [5.74, 6) is 0.850. The van der Waals surface area contributed by atoms with Crippen molar-refractivity contribution < 1.29 is 23.1 Å². The zero-order chi connectivity index (χ0) is 24.2. The molecule has 0 spiro atoms. The van der Waals surface area contributed by atoms with E-state index in [2.05, 4.69) is 5.32 Å². The van der Waals surface area contributed by atoms with Crippen LogP contribution in [0.4, 0.5) is 4.39 Å². The third kappa shape index (κ3) is 4.66. The summed E-state index contributed by atoms with van der Waals surface area (Å²) in [7, 11) is 3.24. The van der Waals surface area contributed by atoms with E-state index < -0.39 is 0 Å². The number of carbonyl (C=O) groups is 1. The third-order valence-corrected chi connectivity index (χ3v) is 5.78. The lowest BCUT2D eigenvalue weighted by Crippen LogP contribution is -2.20. The molecule has 0 radical (unpaired) electrons. The number of nitrogens with one attached hydrogen (secondary N) is 1. The van der Waals surface area contributed by atoms with Gasteiger partial charge in [0.1, 0.15) is 22.9 Å². The molecule has 34 heavy (non-hydrogen) atoms. The molecule has 1 amide bonds. The molecular weight excluding hydrogens is 433 g/mol. The van der Waals surface area contributed by atoms with Gasteiger partial charge in [-0.25, -0.2) is 4.39 Å². The van der Waals surface area contributed by atoms with Gasteiger partial charge in [0.2, 0.25) is 5.91 Å². The summed E-state index contributed by atoms with van der Waals surface area (Å²) >= 11 is 0. The summed E-state index contributed by atoms with van der Waals surface area (Å²) < 4.78 is 30.1. The standard InChI is InChI=1S/C28H26FNO4/c1-17(12-26(31)30-15-19-8-10-21(29)11-9-19)23-14-24-25(20-6-5-7-22(13-20)32-3)16-34-28(24)18(2)27(23)33-4/h5-14,16H,15H2,1-4H3,(H,30,31)/b17-12+. The molecule has 0 saturated carbocycles. The van der Waals surface area contributed by atoms with Gasteiger partial charge in [-0.05, 0) is 60.9 Å². The molecule has 1 heterocycles. The number of allylic oxidation sites excluding steroid dienone is 1. The number of benzene rings is 3. The zero-order valence-corrected chi connectivity index (χ0v) is 19.6. The minimum atomic E-state index is -0.309. The number of aryl methyl sites for hydroxylation is 1. The molecule has 0 aliphatic carbocycles. The molecule has 4 rings (SSSR count). The Morgan fingerprint density at radius 3 is 2.56 bits per heavy atom. The first-order valence-corrected chi connectivity index (χ1v) is 10.9. The molecule has 1 N–H and O–H groups in total. The van der Waals surface area contributed by atoms with E-state index in [0.717, 1.165) is 50.1 Å². The maximum absolute atomic E-state index is 13.1. The molecule has 3 aromatic carbocycles. The molecule has 0 unspecified atom stereocenters. The number of fused-ring (bicyclic) bond motifs is 1. The maximum atomic E-state index is 13.1. The Balaban J connectivity index is 1.68. The fourth-order valence-corrected chi connectivity index (χ4v) is 4.00. The fourth-order valence-electron chi connectivity index (χ4n) is 4.00. The first-order valence-electron chi connectivity index (χ1n) is 10.9. The van der Waals surface area contributed by atoms with Gasteiger partial charge in [-0.1, -0.05) is 24.3 Å². The Hall–Kier alpha value is -4.06. The van der Waals surface area contributed by atoms with Crippen molar-refractivity contribution in [2.75, 3.05) is 14.2 Å². The van der Waals surface area contributed by atoms with Gasteiger partial charge in [-0.3, -0.25) is 4.79 Å². The molecule has 0 aliphatic rings. The second-order valence-electron chi connectivity index (χ2n) is 8.01. The summed E-state index contributed by atoms with van der Waals surface area (Å²) in [4.78, 5) is 12.6. The van der Waals surface area contributed by atoms with Crippen molar-refractivity contribution in [1.29, 1.82) is 0 Å². The van der Waals surface area contributed by atoms with Crippen molar-refractivity contribution >= 4 is 22.4 Å². The van der Waals surface area contributed by atoms with Gasteiger partial charge in [0.15, 0.2) is 0 Å². The number of ether oxygens (including phenoxy) is 2. The molecule has 1 aromatic heterocycles. The van der Waals surface area contributed by atoms with Crippen LogP contribution in [0.2, 0.25) is 0 Å². The van der Waals surface area contributed by atoms with E-state index >= 15 is 0 Å². The van der Waals surface area contributed by atoms with Crippen LogP contribution in [0, 0.1) is 12.7 Å². The van der Waals surface area contributed by atoms with Crippen LogP contribution in [-0.4, -0.2) is 20.1 Å². The SMILES string of the molecule is COc1cccc(-c2coc3c(C)c(OC)c(/C(C)=C/C(=O)NCc4ccc(F)cc4)cc23)c1. The lowest BCUT2D eigenvalue weighted by atomic mass is 9.96. The topological polar surface area (TPSA) is 60.7 Å². The molecule has 0 aliphatic heterocycles. The van der Waals surface area contributed by atoms with Crippen molar-refractivity contribution in [2.45, 2.75) is 20.4 Å². The number of amides is 1. The zero-order valence-electron chi connectivity index (χ0n) is 19.6. The Kier molecular flexibility index (Phi) is 6.68. The van der Waals surface area contributed by atoms with E-state index in [4.69, 9.17) is 13.9 Å². The second kappa shape index (κ2) is 9.83. The Morgan fingerprint density at radius 2 is 1.85 bits per heavy atom. The number of carbonyl (C=O) groups excluding carboxylic acids is 1. The highest BCUT2D eigenvalue weighted by Crippen LogP contribution is 2.41. The van der Waals surface area contributed by atoms with Gasteiger partial charge in [0.05, 0.1) is 20.5 Å². The number of furan rings is 1. The molecule has 4 aromatic rings. The summed E-state index contributed by atoms with van der Waals surface area (Å²) in [6, 6.07) is 15.8. The van der Waals surface area contributed by atoms with Crippen LogP contribution in [0.3, 0.4) is 0 Å². The van der Waals surface area contributed by atoms with Gasteiger partial charge in [-0.2, -0.15) is 0 Å². The smallest absolute Gasteiger partial charge is 0.244 e. The fraction of sp³-hybridized carbons (Fsp3) is 0.179. The van der Waals surface area contributed by atoms with Crippen molar-refractivity contribution in [2.24, 2.45) is 0 Å². The van der Waals surface area contributed by atoms with Crippen molar-refractivity contribution in [3.63, 3.8) is 0 Å². The van der Waals surface area contributed by atoms with Gasteiger partial charge >= 0.3 is 0 Å². The van der Waals surface area contributed by atoms with E-state index in [1.807, 2.05) is 44.2 Å². The van der Waals surface area contributed by atoms with Crippen LogP contribution in [0.5, 0.6) is 11.5 Å². The van der Waals surface area contributed by atoms with Crippen LogP contribution < -0.4 is 14.8 Å². The van der Waals surface area contributed by atoms with E-state index in [1.54, 1.807) is 32.6 Å². The normalized spacial score (nSPS) is 11.5. The summed E-state index contributed by atoms with van der Waals surface area (Å²) in [6.45, 7) is 4.11. The first kappa shape index (κ1) is 23.1. The van der Waals surface area contributed by atoms with E-state index in [9.17, 15) is 9.18 Å². The average Bonchev–Trinajstić information content (AvgIpc) is 3.28. The van der Waals surface area contributed by atoms with Gasteiger partial charge < -0.3 is 19.2 Å². The minimum Gasteiger partial charge on any atom is -0.497 e. The minimum absolute atomic E-state index is 0.248. The molecule has 174 valence electrons. The van der Waals surface area contributed by atoms with E-state index in [-0.39, 0.29) is 11.7 Å². The molecule has 0 bridgehead atoms. The van der Waals surface area contributed by atoms with Gasteiger partial charge in [0, 0.05) is 34.7 Å². The summed E-state index contributed by atoms with van der Waals surface area (Å²) in [5, 5.41) is 3.76. The van der Waals surface area contributed by atoms with E-state index in [1.165, 1.54) is 18.2 Å². The molecule has 5 nitrogen and oxygen atoms in total. The molecule has 6 heteroatoms. The highest BCUT2D eigenvalue weighted by Gasteiger charge is 2.19. The molecule has 0 saturated heterocycles. The van der Waals surface area contributed by atoms with Gasteiger partial charge in [0.25, 0.3) is 0 Å². The quantitative estimate of drug-likeness (QED) is 0.330. The van der Waals surface area contributed by atoms with Crippen LogP contribution in [0.25, 0.3) is 27.7 Å². The van der Waals surface area contributed by atoms with Crippen LogP contribution in [-0.2, 0) is 11.3 Å². The number of methoxy groups -OCH3 is 2. The van der Waals surface area contributed by atoms with Crippen molar-refractivity contribution in [1.82, 2.24) is 5.32 Å². The van der Waals surface area contributed by atoms with Crippen molar-refractivity contribution in [3.8, 4) is 22.6 Å². The first-order chi connectivity index (χ1) is 16.4. The molecular formula is C28H26FNO4. The van der Waals surface area contributed by atoms with E-state index in [0.29, 0.717) is 12.3 Å². The van der Waals surface area contributed by atoms with Crippen LogP contribution >= 0.6 is 0 Å². The van der Waals surface area contributed by atoms with Crippen LogP contribution in [0.15, 0.2) is 71.4 Å². The highest BCUT2D eigenvalue weighted by atomic mass is 19.1. The van der Waals surface area contributed by atoms with Crippen molar-refractivity contribution in [3.05, 3.63) is 89.4 Å². The number of halogens is 1. The monoisotopic (exact) mass is 459 g/mol. The Labute approximate surface area is 197 Å². The lowest BCUT2D eigenvalue weighted by molar-refractivity contribution is -0.116. The highest BCUT2D eigenvalue weighted by molar-refractivity contribution is 6.01. The largest absolute Gasteiger partial charge is 0.497 e. The second-order valence-corrected chi connectivity index (χ2v) is 8.01. The number of hydrogen-bond acceptors (Lipinski definition) is 4. The Morgan fingerprint density at radius 1 is 1.09 bits per heavy atom. The van der Waals surface area contributed by atoms with Gasteiger partial charge in [-0.15, -0.1) is 0 Å². The lowest BCUT2D eigenvalue weighted by Gasteiger charge is -2.13. The average molecular weight is 460 g/mol. The number of hydrogen-bond donors (Lipinski definition) is 1. The summed E-state index contributed by atoms with van der Waals surface area (Å²) in [5.41, 5.74) is 5.83. The Bertz CT molecular complexity index is 1370. The summed E-state index contributed by atoms with van der Waals surface area (Å²) in [6.07, 6.45) is 3.27. The molecule has 0 atom stereocenters. The third-order valence-electron chi connectivity index (χ3n) is 5.78. The number of rotatable bonds is 7. The van der Waals surface area contributed by atoms with Crippen LogP contribution in [0.1, 0.15) is 23.6 Å². The predicted octanol–water partition coefficient (Wildman–Crippen LogP) is 6.28. The maximum Gasteiger partial charge on any atom is 0.244 e. The molecule has 0 fully saturated rings. The predicted molar refractivity (Wildman–Crippen MR) is 131 cm³/mol.